The Kier molecular flexibility index (Phi) is 3.36. The van der Waals surface area contributed by atoms with Gasteiger partial charge in [-0.15, -0.1) is 0 Å². The highest BCUT2D eigenvalue weighted by Gasteiger charge is 2.24. The molecule has 106 valence electrons. The first kappa shape index (κ1) is 13.3. The lowest BCUT2D eigenvalue weighted by Gasteiger charge is -2.27. The van der Waals surface area contributed by atoms with Gasteiger partial charge in [0.1, 0.15) is 0 Å². The van der Waals surface area contributed by atoms with Gasteiger partial charge in [0.2, 0.25) is 0 Å². The molecule has 2 aromatic rings. The minimum atomic E-state index is -0.393. The number of ether oxygens (including phenoxy) is 1. The summed E-state index contributed by atoms with van der Waals surface area (Å²) in [5, 5.41) is 11.2. The Morgan fingerprint density at radius 2 is 2.30 bits per heavy atom. The fourth-order valence-electron chi connectivity index (χ4n) is 3.04. The third-order valence-corrected chi connectivity index (χ3v) is 3.95. The predicted octanol–water partition coefficient (Wildman–Crippen LogP) is 2.05. The maximum Gasteiger partial charge on any atom is 0.256 e. The van der Waals surface area contributed by atoms with E-state index in [1.807, 2.05) is 25.1 Å². The number of rotatable bonds is 2. The van der Waals surface area contributed by atoms with E-state index >= 15 is 0 Å². The van der Waals surface area contributed by atoms with Gasteiger partial charge in [0, 0.05) is 23.1 Å². The summed E-state index contributed by atoms with van der Waals surface area (Å²) in [7, 11) is 0. The number of aliphatic hydroxyl groups is 1. The summed E-state index contributed by atoms with van der Waals surface area (Å²) in [5.74, 6) is 0. The van der Waals surface area contributed by atoms with Crippen molar-refractivity contribution in [2.45, 2.75) is 45.5 Å². The molecule has 2 atom stereocenters. The summed E-state index contributed by atoms with van der Waals surface area (Å²) >= 11 is 0. The van der Waals surface area contributed by atoms with Crippen LogP contribution in [0.4, 0.5) is 0 Å². The topological polar surface area (TPSA) is 62.3 Å². The average molecular weight is 273 g/mol. The highest BCUT2D eigenvalue weighted by atomic mass is 16.5. The van der Waals surface area contributed by atoms with Crippen LogP contribution in [0.15, 0.2) is 23.0 Å². The van der Waals surface area contributed by atoms with Gasteiger partial charge in [0.15, 0.2) is 0 Å². The molecule has 0 bridgehead atoms. The monoisotopic (exact) mass is 273 g/mol. The number of hydrogen-bond donors (Lipinski definition) is 2. The molecular formula is C16H19NO3. The van der Waals surface area contributed by atoms with Gasteiger partial charge in [0.05, 0.1) is 18.8 Å². The van der Waals surface area contributed by atoms with Crippen molar-refractivity contribution < 1.29 is 9.84 Å². The molecule has 1 aliphatic heterocycles. The molecular weight excluding hydrogens is 254 g/mol. The van der Waals surface area contributed by atoms with Crippen LogP contribution in [0.5, 0.6) is 0 Å². The molecule has 0 radical (unpaired) electrons. The molecule has 0 saturated carbocycles. The molecule has 0 amide bonds. The molecule has 4 heteroatoms. The number of aliphatic hydroxyl groups excluding tert-OH is 1. The summed E-state index contributed by atoms with van der Waals surface area (Å²) in [6, 6.07) is 5.77. The second kappa shape index (κ2) is 5.04. The van der Waals surface area contributed by atoms with Crippen LogP contribution >= 0.6 is 0 Å². The molecule has 3 rings (SSSR count). The fourth-order valence-corrected chi connectivity index (χ4v) is 3.04. The largest absolute Gasteiger partial charge is 0.393 e. The number of aromatic amines is 1. The van der Waals surface area contributed by atoms with Crippen LogP contribution in [-0.2, 0) is 17.8 Å². The normalized spacial score (nSPS) is 19.9. The number of fused-ring (bicyclic) bond motifs is 3. The molecule has 4 nitrogen and oxygen atoms in total. The molecule has 0 spiro atoms. The van der Waals surface area contributed by atoms with E-state index in [1.54, 1.807) is 6.92 Å². The average Bonchev–Trinajstić information content (AvgIpc) is 2.38. The second-order valence-electron chi connectivity index (χ2n) is 5.63. The number of aromatic nitrogens is 1. The fraction of sp³-hybridized carbons (Fsp3) is 0.438. The zero-order valence-corrected chi connectivity index (χ0v) is 11.8. The van der Waals surface area contributed by atoms with E-state index in [4.69, 9.17) is 4.74 Å². The zero-order valence-electron chi connectivity index (χ0n) is 11.8. The molecule has 2 N–H and O–H groups in total. The van der Waals surface area contributed by atoms with Crippen LogP contribution in [-0.4, -0.2) is 22.3 Å². The lowest BCUT2D eigenvalue weighted by atomic mass is 9.95. The summed E-state index contributed by atoms with van der Waals surface area (Å²) < 4.78 is 5.84. The number of pyridine rings is 1. The van der Waals surface area contributed by atoms with Crippen molar-refractivity contribution in [3.05, 3.63) is 45.4 Å². The van der Waals surface area contributed by atoms with Crippen molar-refractivity contribution in [3.8, 4) is 0 Å². The molecule has 2 unspecified atom stereocenters. The quantitative estimate of drug-likeness (QED) is 0.880. The third kappa shape index (κ3) is 2.25. The van der Waals surface area contributed by atoms with Gasteiger partial charge in [-0.05, 0) is 37.3 Å². The standard InChI is InChI=1S/C16H19NO3/c1-9-4-3-5-12-15(9)13-8-20-11(6-10(2)18)7-14(13)17-16(12)19/h3-5,10-11,18H,6-8H2,1-2H3,(H,17,19). The first-order valence-corrected chi connectivity index (χ1v) is 6.99. The van der Waals surface area contributed by atoms with Gasteiger partial charge in [-0.2, -0.15) is 0 Å². The van der Waals surface area contributed by atoms with Crippen molar-refractivity contribution in [2.24, 2.45) is 0 Å². The molecule has 1 aliphatic rings. The lowest BCUT2D eigenvalue weighted by molar-refractivity contribution is -0.00207. The van der Waals surface area contributed by atoms with Crippen LogP contribution < -0.4 is 5.56 Å². The van der Waals surface area contributed by atoms with E-state index < -0.39 is 6.10 Å². The Bertz CT molecular complexity index is 703. The summed E-state index contributed by atoms with van der Waals surface area (Å²) in [6.07, 6.45) is 0.822. The highest BCUT2D eigenvalue weighted by molar-refractivity contribution is 5.88. The molecule has 0 fully saturated rings. The van der Waals surface area contributed by atoms with E-state index in [-0.39, 0.29) is 11.7 Å². The number of benzene rings is 1. The van der Waals surface area contributed by atoms with E-state index in [9.17, 15) is 9.90 Å². The number of aryl methyl sites for hydroxylation is 1. The maximum atomic E-state index is 12.2. The Labute approximate surface area is 117 Å². The highest BCUT2D eigenvalue weighted by Crippen LogP contribution is 2.28. The van der Waals surface area contributed by atoms with Crippen LogP contribution in [0.3, 0.4) is 0 Å². The Morgan fingerprint density at radius 1 is 1.50 bits per heavy atom. The Balaban J connectivity index is 2.11. The Hall–Kier alpha value is -1.65. The van der Waals surface area contributed by atoms with Gasteiger partial charge < -0.3 is 14.8 Å². The SMILES string of the molecule is Cc1cccc2c(=O)[nH]c3c(c12)COC(CC(C)O)C3. The third-order valence-electron chi connectivity index (χ3n) is 3.95. The smallest absolute Gasteiger partial charge is 0.256 e. The molecule has 1 aromatic carbocycles. The van der Waals surface area contributed by atoms with E-state index in [0.717, 1.165) is 27.6 Å². The minimum Gasteiger partial charge on any atom is -0.393 e. The maximum absolute atomic E-state index is 12.2. The predicted molar refractivity (Wildman–Crippen MR) is 77.9 cm³/mol. The van der Waals surface area contributed by atoms with Gasteiger partial charge in [-0.1, -0.05) is 12.1 Å². The van der Waals surface area contributed by atoms with Crippen LogP contribution in [0.25, 0.3) is 10.8 Å². The second-order valence-corrected chi connectivity index (χ2v) is 5.63. The first-order chi connectivity index (χ1) is 9.56. The summed E-state index contributed by atoms with van der Waals surface area (Å²) in [5.41, 5.74) is 3.09. The van der Waals surface area contributed by atoms with Gasteiger partial charge in [-0.3, -0.25) is 4.79 Å². The zero-order chi connectivity index (χ0) is 14.3. The molecule has 1 aromatic heterocycles. The molecule has 0 aliphatic carbocycles. The van der Waals surface area contributed by atoms with Crippen molar-refractivity contribution in [3.63, 3.8) is 0 Å². The van der Waals surface area contributed by atoms with Crippen molar-refractivity contribution in [2.75, 3.05) is 0 Å². The summed E-state index contributed by atoms with van der Waals surface area (Å²) in [6.45, 7) is 4.26. The van der Waals surface area contributed by atoms with Crippen LogP contribution in [0.1, 0.15) is 30.2 Å². The number of nitrogens with one attached hydrogen (secondary N) is 1. The van der Waals surface area contributed by atoms with Crippen LogP contribution in [0.2, 0.25) is 0 Å². The van der Waals surface area contributed by atoms with Crippen LogP contribution in [0, 0.1) is 6.92 Å². The van der Waals surface area contributed by atoms with Gasteiger partial charge >= 0.3 is 0 Å². The van der Waals surface area contributed by atoms with Gasteiger partial charge in [-0.25, -0.2) is 0 Å². The molecule has 20 heavy (non-hydrogen) atoms. The molecule has 0 saturated heterocycles. The first-order valence-electron chi connectivity index (χ1n) is 6.99. The van der Waals surface area contributed by atoms with E-state index in [0.29, 0.717) is 19.4 Å². The van der Waals surface area contributed by atoms with Crippen molar-refractivity contribution in [1.82, 2.24) is 4.98 Å². The van der Waals surface area contributed by atoms with E-state index in [2.05, 4.69) is 4.98 Å². The van der Waals surface area contributed by atoms with Gasteiger partial charge in [0.25, 0.3) is 5.56 Å². The summed E-state index contributed by atoms with van der Waals surface area (Å²) in [4.78, 5) is 15.2. The number of H-pyrrole nitrogens is 1. The van der Waals surface area contributed by atoms with Crippen molar-refractivity contribution >= 4 is 10.8 Å². The lowest BCUT2D eigenvalue weighted by Crippen LogP contribution is -2.29. The number of hydrogen-bond acceptors (Lipinski definition) is 3. The van der Waals surface area contributed by atoms with E-state index in [1.165, 1.54) is 0 Å². The molecule has 2 heterocycles. The Morgan fingerprint density at radius 3 is 3.05 bits per heavy atom. The minimum absolute atomic E-state index is 0.0281. The van der Waals surface area contributed by atoms with Crippen molar-refractivity contribution in [1.29, 1.82) is 0 Å².